The lowest BCUT2D eigenvalue weighted by Gasteiger charge is -2.09. The molecule has 7 nitrogen and oxygen atoms in total. The van der Waals surface area contributed by atoms with E-state index >= 15 is 0 Å². The predicted molar refractivity (Wildman–Crippen MR) is 85.7 cm³/mol. The number of rotatable bonds is 3. The summed E-state index contributed by atoms with van der Waals surface area (Å²) in [6.45, 7) is 0. The van der Waals surface area contributed by atoms with Crippen LogP contribution in [0.1, 0.15) is 5.56 Å². The molecule has 2 N–H and O–H groups in total. The minimum atomic E-state index is -4.46. The van der Waals surface area contributed by atoms with Gasteiger partial charge in [-0.2, -0.15) is 5.26 Å². The third-order valence-electron chi connectivity index (χ3n) is 3.53. The van der Waals surface area contributed by atoms with Crippen molar-refractivity contribution in [2.24, 2.45) is 5.14 Å². The Hall–Kier alpha value is -3.29. The number of nitriles is 1. The summed E-state index contributed by atoms with van der Waals surface area (Å²) in [5, 5.41) is 13.8. The highest BCUT2D eigenvalue weighted by molar-refractivity contribution is 7.89. The molecule has 0 atom stereocenters. The summed E-state index contributed by atoms with van der Waals surface area (Å²) in [5.41, 5.74) is -0.156. The Bertz CT molecular complexity index is 1220. The Morgan fingerprint density at radius 3 is 2.54 bits per heavy atom. The highest BCUT2D eigenvalue weighted by Crippen LogP contribution is 2.28. The monoisotopic (exact) mass is 377 g/mol. The lowest BCUT2D eigenvalue weighted by molar-refractivity contribution is 0.504. The predicted octanol–water partition coefficient (Wildman–Crippen LogP) is 1.89. The van der Waals surface area contributed by atoms with Gasteiger partial charge in [0.2, 0.25) is 10.0 Å². The van der Waals surface area contributed by atoms with Crippen LogP contribution >= 0.6 is 0 Å². The van der Waals surface area contributed by atoms with Crippen molar-refractivity contribution in [2.75, 3.05) is 0 Å². The van der Waals surface area contributed by atoms with E-state index in [1.165, 1.54) is 24.3 Å². The summed E-state index contributed by atoms with van der Waals surface area (Å²) >= 11 is 0. The molecule has 0 aliphatic carbocycles. The van der Waals surface area contributed by atoms with Gasteiger partial charge >= 0.3 is 5.76 Å². The third kappa shape index (κ3) is 3.01. The standard InChI is InChI=1S/C16H9F2N3O4S/c17-12-6-15(26(20,23)24)13(18)5-11(12)14-8-25-16(22)21(14)10-3-1-2-9(4-10)7-19/h1-6,8H,(H2,20,23,24). The van der Waals surface area contributed by atoms with E-state index in [1.54, 1.807) is 0 Å². The van der Waals surface area contributed by atoms with E-state index in [0.717, 1.165) is 10.8 Å². The number of hydrogen-bond acceptors (Lipinski definition) is 5. The van der Waals surface area contributed by atoms with E-state index in [9.17, 15) is 22.0 Å². The Balaban J connectivity index is 2.26. The van der Waals surface area contributed by atoms with Crippen molar-refractivity contribution < 1.29 is 21.6 Å². The molecular formula is C16H9F2N3O4S. The highest BCUT2D eigenvalue weighted by Gasteiger charge is 2.22. The van der Waals surface area contributed by atoms with E-state index in [4.69, 9.17) is 14.8 Å². The number of nitrogens with zero attached hydrogens (tertiary/aromatic N) is 2. The van der Waals surface area contributed by atoms with Gasteiger partial charge in [0.15, 0.2) is 0 Å². The number of hydrogen-bond donors (Lipinski definition) is 1. The van der Waals surface area contributed by atoms with Crippen LogP contribution in [0.5, 0.6) is 0 Å². The number of halogens is 2. The fourth-order valence-corrected chi connectivity index (χ4v) is 2.99. The topological polar surface area (TPSA) is 119 Å². The summed E-state index contributed by atoms with van der Waals surface area (Å²) < 4.78 is 56.7. The highest BCUT2D eigenvalue weighted by atomic mass is 32.2. The van der Waals surface area contributed by atoms with Crippen molar-refractivity contribution in [1.29, 1.82) is 5.26 Å². The summed E-state index contributed by atoms with van der Waals surface area (Å²) in [5.74, 6) is -3.30. The lowest BCUT2D eigenvalue weighted by Crippen LogP contribution is -2.16. The summed E-state index contributed by atoms with van der Waals surface area (Å²) in [7, 11) is -4.46. The SMILES string of the molecule is N#Cc1cccc(-n2c(-c3cc(F)c(S(N)(=O)=O)cc3F)coc2=O)c1. The van der Waals surface area contributed by atoms with Crippen LogP contribution in [0.4, 0.5) is 8.78 Å². The Labute approximate surface area is 145 Å². The number of nitrogens with two attached hydrogens (primary N) is 1. The Morgan fingerprint density at radius 1 is 1.15 bits per heavy atom. The van der Waals surface area contributed by atoms with Gasteiger partial charge in [-0.15, -0.1) is 0 Å². The van der Waals surface area contributed by atoms with Crippen molar-refractivity contribution >= 4 is 10.0 Å². The molecule has 1 heterocycles. The van der Waals surface area contributed by atoms with Gasteiger partial charge in [0.05, 0.1) is 23.0 Å². The number of aromatic nitrogens is 1. The van der Waals surface area contributed by atoms with Gasteiger partial charge in [-0.25, -0.2) is 31.7 Å². The molecule has 0 unspecified atom stereocenters. The Kier molecular flexibility index (Phi) is 4.19. The van der Waals surface area contributed by atoms with Crippen molar-refractivity contribution in [2.45, 2.75) is 4.90 Å². The maximum absolute atomic E-state index is 14.4. The minimum absolute atomic E-state index is 0.164. The zero-order valence-electron chi connectivity index (χ0n) is 12.8. The van der Waals surface area contributed by atoms with E-state index in [0.29, 0.717) is 12.1 Å². The third-order valence-corrected chi connectivity index (χ3v) is 4.46. The smallest absolute Gasteiger partial charge is 0.415 e. The van der Waals surface area contributed by atoms with E-state index in [2.05, 4.69) is 0 Å². The largest absolute Gasteiger partial charge is 0.424 e. The number of sulfonamides is 1. The van der Waals surface area contributed by atoms with E-state index in [1.807, 2.05) is 6.07 Å². The molecule has 0 spiro atoms. The first-order valence-electron chi connectivity index (χ1n) is 6.95. The minimum Gasteiger partial charge on any atom is -0.415 e. The molecule has 0 radical (unpaired) electrons. The Morgan fingerprint density at radius 2 is 1.88 bits per heavy atom. The second-order valence-corrected chi connectivity index (χ2v) is 6.72. The van der Waals surface area contributed by atoms with Gasteiger partial charge in [-0.1, -0.05) is 6.07 Å². The maximum atomic E-state index is 14.4. The second-order valence-electron chi connectivity index (χ2n) is 5.19. The summed E-state index contributed by atoms with van der Waals surface area (Å²) in [6.07, 6.45) is 0.899. The second kappa shape index (κ2) is 6.21. The van der Waals surface area contributed by atoms with Crippen LogP contribution in [0.2, 0.25) is 0 Å². The molecule has 2 aromatic carbocycles. The molecule has 10 heteroatoms. The molecule has 3 aromatic rings. The first kappa shape index (κ1) is 17.5. The number of benzene rings is 2. The summed E-state index contributed by atoms with van der Waals surface area (Å²) in [6, 6.07) is 8.73. The van der Waals surface area contributed by atoms with Crippen LogP contribution in [0, 0.1) is 23.0 Å². The van der Waals surface area contributed by atoms with Gasteiger partial charge in [-0.05, 0) is 30.3 Å². The molecule has 0 saturated carbocycles. The molecule has 0 aliphatic rings. The molecule has 1 aromatic heterocycles. The van der Waals surface area contributed by atoms with Crippen molar-refractivity contribution in [1.82, 2.24) is 4.57 Å². The molecule has 0 aliphatic heterocycles. The van der Waals surface area contributed by atoms with Gasteiger partial charge in [0.1, 0.15) is 22.8 Å². The maximum Gasteiger partial charge on any atom is 0.424 e. The van der Waals surface area contributed by atoms with Gasteiger partial charge < -0.3 is 4.42 Å². The molecular weight excluding hydrogens is 368 g/mol. The quantitative estimate of drug-likeness (QED) is 0.748. The fraction of sp³-hybridized carbons (Fsp3) is 0. The van der Waals surface area contributed by atoms with Crippen LogP contribution in [0.25, 0.3) is 16.9 Å². The zero-order chi connectivity index (χ0) is 19.1. The fourth-order valence-electron chi connectivity index (χ4n) is 2.40. The van der Waals surface area contributed by atoms with Crippen molar-refractivity contribution in [3.8, 4) is 23.0 Å². The number of oxazole rings is 1. The molecule has 3 rings (SSSR count). The van der Waals surface area contributed by atoms with Crippen LogP contribution in [0.3, 0.4) is 0 Å². The van der Waals surface area contributed by atoms with Crippen molar-refractivity contribution in [3.05, 3.63) is 70.4 Å². The molecule has 0 fully saturated rings. The van der Waals surface area contributed by atoms with E-state index < -0.39 is 37.9 Å². The van der Waals surface area contributed by atoms with Gasteiger partial charge in [-0.3, -0.25) is 0 Å². The van der Waals surface area contributed by atoms with Crippen LogP contribution in [-0.4, -0.2) is 13.0 Å². The lowest BCUT2D eigenvalue weighted by atomic mass is 10.1. The molecule has 132 valence electrons. The van der Waals surface area contributed by atoms with Gasteiger partial charge in [0, 0.05) is 5.56 Å². The average Bonchev–Trinajstić information content (AvgIpc) is 2.97. The van der Waals surface area contributed by atoms with Crippen LogP contribution < -0.4 is 10.9 Å². The zero-order valence-corrected chi connectivity index (χ0v) is 13.6. The van der Waals surface area contributed by atoms with Gasteiger partial charge in [0.25, 0.3) is 0 Å². The van der Waals surface area contributed by atoms with Crippen molar-refractivity contribution in [3.63, 3.8) is 0 Å². The molecule has 0 saturated heterocycles. The first-order valence-corrected chi connectivity index (χ1v) is 8.50. The average molecular weight is 377 g/mol. The number of primary sulfonamides is 1. The molecule has 0 amide bonds. The molecule has 0 bridgehead atoms. The normalized spacial score (nSPS) is 11.3. The first-order chi connectivity index (χ1) is 12.2. The van der Waals surface area contributed by atoms with Crippen LogP contribution in [-0.2, 0) is 10.0 Å². The van der Waals surface area contributed by atoms with Crippen LogP contribution in [0.15, 0.2) is 56.8 Å². The van der Waals surface area contributed by atoms with E-state index in [-0.39, 0.29) is 16.9 Å². The summed E-state index contributed by atoms with van der Waals surface area (Å²) in [4.78, 5) is 11.0. The molecule has 26 heavy (non-hydrogen) atoms.